The molecule has 0 bridgehead atoms. The van der Waals surface area contributed by atoms with Gasteiger partial charge in [0.2, 0.25) is 5.91 Å². The van der Waals surface area contributed by atoms with Gasteiger partial charge in [-0.2, -0.15) is 0 Å². The maximum absolute atomic E-state index is 12.4. The quantitative estimate of drug-likeness (QED) is 0.885. The number of pyridine rings is 1. The Balaban J connectivity index is 1.64. The van der Waals surface area contributed by atoms with Crippen LogP contribution in [0.4, 0.5) is 5.13 Å². The molecule has 25 heavy (non-hydrogen) atoms. The summed E-state index contributed by atoms with van der Waals surface area (Å²) in [5.74, 6) is 0.394. The fourth-order valence-corrected chi connectivity index (χ4v) is 3.21. The van der Waals surface area contributed by atoms with E-state index in [0.29, 0.717) is 36.1 Å². The largest absolute Gasteiger partial charge is 0.487 e. The van der Waals surface area contributed by atoms with Crippen LogP contribution in [0, 0.1) is 13.8 Å². The van der Waals surface area contributed by atoms with Gasteiger partial charge in [-0.1, -0.05) is 6.92 Å². The molecule has 1 saturated heterocycles. The van der Waals surface area contributed by atoms with E-state index in [2.05, 4.69) is 15.3 Å². The van der Waals surface area contributed by atoms with E-state index in [1.165, 1.54) is 11.3 Å². The zero-order valence-electron chi connectivity index (χ0n) is 14.4. The zero-order chi connectivity index (χ0) is 18.0. The van der Waals surface area contributed by atoms with Gasteiger partial charge in [-0.15, -0.1) is 11.3 Å². The fraction of sp³-hybridized carbons (Fsp3) is 0.412. The highest BCUT2D eigenvalue weighted by atomic mass is 32.1. The van der Waals surface area contributed by atoms with Crippen molar-refractivity contribution >= 4 is 28.3 Å². The van der Waals surface area contributed by atoms with Gasteiger partial charge < -0.3 is 9.64 Å². The van der Waals surface area contributed by atoms with Crippen molar-refractivity contribution in [3.63, 3.8) is 0 Å². The average Bonchev–Trinajstić information content (AvgIpc) is 2.94. The highest BCUT2D eigenvalue weighted by Crippen LogP contribution is 2.21. The van der Waals surface area contributed by atoms with Gasteiger partial charge in [0.25, 0.3) is 5.91 Å². The second-order valence-electron chi connectivity index (χ2n) is 5.97. The van der Waals surface area contributed by atoms with Crippen LogP contribution in [-0.4, -0.2) is 45.9 Å². The summed E-state index contributed by atoms with van der Waals surface area (Å²) in [5, 5.41) is 5.15. The lowest BCUT2D eigenvalue weighted by Crippen LogP contribution is -2.56. The Bertz CT molecular complexity index is 799. The highest BCUT2D eigenvalue weighted by Gasteiger charge is 2.31. The van der Waals surface area contributed by atoms with Gasteiger partial charge in [-0.05, 0) is 13.8 Å². The van der Waals surface area contributed by atoms with Crippen LogP contribution in [0.1, 0.15) is 35.2 Å². The number of thiazole rings is 1. The van der Waals surface area contributed by atoms with E-state index < -0.39 is 0 Å². The molecule has 1 N–H and O–H groups in total. The van der Waals surface area contributed by atoms with E-state index >= 15 is 0 Å². The Labute approximate surface area is 150 Å². The predicted octanol–water partition coefficient (Wildman–Crippen LogP) is 2.41. The van der Waals surface area contributed by atoms with Crippen LogP contribution in [-0.2, 0) is 4.79 Å². The molecule has 0 saturated carbocycles. The molecule has 0 aromatic carbocycles. The van der Waals surface area contributed by atoms with Gasteiger partial charge in [0.15, 0.2) is 5.13 Å². The average molecular weight is 360 g/mol. The molecule has 0 radical (unpaired) electrons. The summed E-state index contributed by atoms with van der Waals surface area (Å²) in [5.41, 5.74) is 1.83. The van der Waals surface area contributed by atoms with E-state index in [1.54, 1.807) is 17.0 Å². The van der Waals surface area contributed by atoms with Gasteiger partial charge in [0.05, 0.1) is 18.8 Å². The molecule has 1 aliphatic rings. The van der Waals surface area contributed by atoms with Gasteiger partial charge in [-0.25, -0.2) is 9.97 Å². The minimum Gasteiger partial charge on any atom is -0.487 e. The van der Waals surface area contributed by atoms with Gasteiger partial charge in [0, 0.05) is 29.6 Å². The standard InChI is InChI=1S/C17H20N4O3S/c1-4-15(22)21-7-13(8-21)24-12-5-10(2)18-14(6-12)16(23)20-17-19-11(3)9-25-17/h5-6,9,13H,4,7-8H2,1-3H3,(H,19,20,23). The molecule has 3 heterocycles. The smallest absolute Gasteiger partial charge is 0.276 e. The van der Waals surface area contributed by atoms with Gasteiger partial charge >= 0.3 is 0 Å². The number of hydrogen-bond acceptors (Lipinski definition) is 6. The molecular formula is C17H20N4O3S. The maximum Gasteiger partial charge on any atom is 0.276 e. The lowest BCUT2D eigenvalue weighted by Gasteiger charge is -2.38. The molecule has 2 aromatic heterocycles. The summed E-state index contributed by atoms with van der Waals surface area (Å²) >= 11 is 1.37. The summed E-state index contributed by atoms with van der Waals surface area (Å²) in [7, 11) is 0. The second kappa shape index (κ2) is 7.18. The third-order valence-electron chi connectivity index (χ3n) is 3.80. The molecular weight excluding hydrogens is 340 g/mol. The number of nitrogens with one attached hydrogen (secondary N) is 1. The second-order valence-corrected chi connectivity index (χ2v) is 6.83. The Morgan fingerprint density at radius 1 is 1.28 bits per heavy atom. The zero-order valence-corrected chi connectivity index (χ0v) is 15.2. The van der Waals surface area contributed by atoms with Crippen LogP contribution in [0.2, 0.25) is 0 Å². The summed E-state index contributed by atoms with van der Waals surface area (Å²) in [6.07, 6.45) is 0.455. The first-order valence-corrected chi connectivity index (χ1v) is 8.99. The van der Waals surface area contributed by atoms with E-state index in [9.17, 15) is 9.59 Å². The predicted molar refractivity (Wildman–Crippen MR) is 95.1 cm³/mol. The molecule has 0 aliphatic carbocycles. The summed E-state index contributed by atoms with van der Waals surface area (Å²) < 4.78 is 5.87. The van der Waals surface area contributed by atoms with Crippen LogP contribution in [0.15, 0.2) is 17.5 Å². The number of rotatable bonds is 5. The first kappa shape index (κ1) is 17.3. The van der Waals surface area contributed by atoms with Crippen LogP contribution in [0.5, 0.6) is 5.75 Å². The van der Waals surface area contributed by atoms with E-state index in [1.807, 2.05) is 26.2 Å². The van der Waals surface area contributed by atoms with Crippen LogP contribution < -0.4 is 10.1 Å². The first-order chi connectivity index (χ1) is 11.9. The Morgan fingerprint density at radius 2 is 2.04 bits per heavy atom. The SMILES string of the molecule is CCC(=O)N1CC(Oc2cc(C)nc(C(=O)Nc3nc(C)cs3)c2)C1. The third-order valence-corrected chi connectivity index (χ3v) is 4.68. The minimum absolute atomic E-state index is 0.0465. The van der Waals surface area contributed by atoms with Crippen LogP contribution in [0.3, 0.4) is 0 Å². The number of likely N-dealkylation sites (tertiary alicyclic amines) is 1. The number of anilines is 1. The van der Waals surface area contributed by atoms with Crippen molar-refractivity contribution in [1.82, 2.24) is 14.9 Å². The number of amides is 2. The summed E-state index contributed by atoms with van der Waals surface area (Å²) in [6, 6.07) is 3.40. The highest BCUT2D eigenvalue weighted by molar-refractivity contribution is 7.13. The number of nitrogens with zero attached hydrogens (tertiary/aromatic N) is 3. The molecule has 132 valence electrons. The van der Waals surface area contributed by atoms with Crippen molar-refractivity contribution in [2.24, 2.45) is 0 Å². The molecule has 1 fully saturated rings. The molecule has 1 aliphatic heterocycles. The van der Waals surface area contributed by atoms with E-state index in [-0.39, 0.29) is 23.6 Å². The number of hydrogen-bond donors (Lipinski definition) is 1. The molecule has 7 nitrogen and oxygen atoms in total. The first-order valence-electron chi connectivity index (χ1n) is 8.11. The van der Waals surface area contributed by atoms with Crippen molar-refractivity contribution in [2.75, 3.05) is 18.4 Å². The number of ether oxygens (including phenoxy) is 1. The normalized spacial score (nSPS) is 14.1. The lowest BCUT2D eigenvalue weighted by molar-refractivity contribution is -0.139. The monoisotopic (exact) mass is 360 g/mol. The van der Waals surface area contributed by atoms with Gasteiger partial charge in [-0.3, -0.25) is 14.9 Å². The third kappa shape index (κ3) is 4.14. The Hall–Kier alpha value is -2.48. The molecule has 0 unspecified atom stereocenters. The van der Waals surface area contributed by atoms with E-state index in [0.717, 1.165) is 5.69 Å². The number of aromatic nitrogens is 2. The lowest BCUT2D eigenvalue weighted by atomic mass is 10.1. The molecule has 3 rings (SSSR count). The number of carbonyl (C=O) groups is 2. The summed E-state index contributed by atoms with van der Waals surface area (Å²) in [4.78, 5) is 34.2. The summed E-state index contributed by atoms with van der Waals surface area (Å²) in [6.45, 7) is 6.68. The molecule has 2 aromatic rings. The van der Waals surface area contributed by atoms with Crippen molar-refractivity contribution in [3.8, 4) is 5.75 Å². The molecule has 2 amide bonds. The topological polar surface area (TPSA) is 84.4 Å². The van der Waals surface area contributed by atoms with Crippen LogP contribution in [0.25, 0.3) is 0 Å². The van der Waals surface area contributed by atoms with Gasteiger partial charge in [0.1, 0.15) is 17.5 Å². The van der Waals surface area contributed by atoms with Crippen molar-refractivity contribution in [2.45, 2.75) is 33.3 Å². The maximum atomic E-state index is 12.4. The van der Waals surface area contributed by atoms with Crippen molar-refractivity contribution < 1.29 is 14.3 Å². The van der Waals surface area contributed by atoms with Crippen molar-refractivity contribution in [3.05, 3.63) is 34.6 Å². The Morgan fingerprint density at radius 3 is 2.68 bits per heavy atom. The molecule has 0 spiro atoms. The number of aryl methyl sites for hydroxylation is 2. The number of carbonyl (C=O) groups excluding carboxylic acids is 2. The van der Waals surface area contributed by atoms with Crippen LogP contribution >= 0.6 is 11.3 Å². The minimum atomic E-state index is -0.320. The van der Waals surface area contributed by atoms with Crippen molar-refractivity contribution in [1.29, 1.82) is 0 Å². The molecule has 8 heteroatoms. The Kier molecular flexibility index (Phi) is 4.98. The molecule has 0 atom stereocenters. The van der Waals surface area contributed by atoms with E-state index in [4.69, 9.17) is 4.74 Å². The fourth-order valence-electron chi connectivity index (χ4n) is 2.53.